The molecule has 2 rings (SSSR count). The highest BCUT2D eigenvalue weighted by Crippen LogP contribution is 2.26. The van der Waals surface area contributed by atoms with E-state index in [1.54, 1.807) is 30.3 Å². The normalized spacial score (nSPS) is 10.7. The van der Waals surface area contributed by atoms with E-state index in [4.69, 9.17) is 22.6 Å². The molecule has 0 bridgehead atoms. The molecule has 0 radical (unpaired) electrons. The molecule has 0 spiro atoms. The molecule has 116 valence electrons. The molecule has 1 amide bonds. The second-order valence-electron chi connectivity index (χ2n) is 4.55. The first-order valence-corrected chi connectivity index (χ1v) is 6.89. The van der Waals surface area contributed by atoms with Gasteiger partial charge in [0, 0.05) is 22.6 Å². The molecular weight excluding hydrogens is 316 g/mol. The van der Waals surface area contributed by atoms with Crippen LogP contribution in [0.5, 0.6) is 5.75 Å². The lowest BCUT2D eigenvalue weighted by molar-refractivity contribution is -0.112. The number of nitrogens with one attached hydrogen (secondary N) is 2. The summed E-state index contributed by atoms with van der Waals surface area (Å²) in [5.41, 5.74) is 6.76. The van der Waals surface area contributed by atoms with Gasteiger partial charge in [-0.05, 0) is 42.5 Å². The first-order chi connectivity index (χ1) is 11.0. The minimum Gasteiger partial charge on any atom is -0.506 e. The third-order valence-electron chi connectivity index (χ3n) is 2.86. The van der Waals surface area contributed by atoms with Gasteiger partial charge in [0.15, 0.2) is 0 Å². The van der Waals surface area contributed by atoms with Crippen molar-refractivity contribution in [1.82, 2.24) is 0 Å². The van der Waals surface area contributed by atoms with Crippen LogP contribution >= 0.6 is 11.6 Å². The summed E-state index contributed by atoms with van der Waals surface area (Å²) in [5.74, 6) is -0.645. The number of phenolic OH excluding ortho intramolecular Hbond substituents is 1. The number of nitrogens with two attached hydrogens (primary N) is 1. The third kappa shape index (κ3) is 4.40. The molecule has 0 aliphatic heterocycles. The molecular formula is C16H13ClN4O2. The first-order valence-electron chi connectivity index (χ1n) is 6.52. The number of halogens is 1. The van der Waals surface area contributed by atoms with Gasteiger partial charge in [-0.3, -0.25) is 4.79 Å². The molecule has 2 aromatic rings. The minimum absolute atomic E-state index is 0.0538. The number of hydrogen-bond donors (Lipinski definition) is 4. The Morgan fingerprint density at radius 3 is 2.61 bits per heavy atom. The smallest absolute Gasteiger partial charge is 0.267 e. The fourth-order valence-corrected chi connectivity index (χ4v) is 1.86. The minimum atomic E-state index is -0.591. The number of aromatic hydroxyl groups is 1. The Bertz CT molecular complexity index is 795. The monoisotopic (exact) mass is 328 g/mol. The lowest BCUT2D eigenvalue weighted by Gasteiger charge is -2.07. The van der Waals surface area contributed by atoms with Crippen LogP contribution in [-0.4, -0.2) is 11.0 Å². The van der Waals surface area contributed by atoms with Gasteiger partial charge in [-0.2, -0.15) is 5.26 Å². The molecule has 5 N–H and O–H groups in total. The Morgan fingerprint density at radius 1 is 1.26 bits per heavy atom. The highest BCUT2D eigenvalue weighted by Gasteiger charge is 2.10. The molecule has 0 atom stereocenters. The lowest BCUT2D eigenvalue weighted by atomic mass is 10.2. The van der Waals surface area contributed by atoms with Crippen molar-refractivity contribution < 1.29 is 9.90 Å². The van der Waals surface area contributed by atoms with Crippen molar-refractivity contribution in [3.05, 3.63) is 59.3 Å². The van der Waals surface area contributed by atoms with Crippen LogP contribution < -0.4 is 16.4 Å². The molecule has 0 aliphatic rings. The zero-order valence-corrected chi connectivity index (χ0v) is 12.6. The van der Waals surface area contributed by atoms with E-state index in [2.05, 4.69) is 10.6 Å². The molecule has 0 unspecified atom stereocenters. The average molecular weight is 329 g/mol. The SMILES string of the molecule is N#C/C(=C/Nc1cc(Cl)ccc1O)C(=O)Nc1ccc(N)cc1. The Balaban J connectivity index is 2.12. The van der Waals surface area contributed by atoms with Crippen LogP contribution in [0.2, 0.25) is 5.02 Å². The van der Waals surface area contributed by atoms with Gasteiger partial charge >= 0.3 is 0 Å². The summed E-state index contributed by atoms with van der Waals surface area (Å²) in [7, 11) is 0. The molecule has 2 aromatic carbocycles. The Kier molecular flexibility index (Phi) is 5.07. The fourth-order valence-electron chi connectivity index (χ4n) is 1.69. The van der Waals surface area contributed by atoms with Crippen LogP contribution in [0.15, 0.2) is 54.2 Å². The molecule has 6 nitrogen and oxygen atoms in total. The second-order valence-corrected chi connectivity index (χ2v) is 4.99. The Labute approximate surface area is 137 Å². The molecule has 0 heterocycles. The number of phenols is 1. The Hall–Kier alpha value is -3.17. The number of nitriles is 1. The molecule has 0 aliphatic carbocycles. The van der Waals surface area contributed by atoms with Crippen LogP contribution in [0.1, 0.15) is 0 Å². The lowest BCUT2D eigenvalue weighted by Crippen LogP contribution is -2.14. The van der Waals surface area contributed by atoms with E-state index in [1.807, 2.05) is 0 Å². The van der Waals surface area contributed by atoms with Gasteiger partial charge < -0.3 is 21.5 Å². The van der Waals surface area contributed by atoms with Crippen molar-refractivity contribution in [3.63, 3.8) is 0 Å². The summed E-state index contributed by atoms with van der Waals surface area (Å²) >= 11 is 5.82. The van der Waals surface area contributed by atoms with E-state index in [0.29, 0.717) is 16.4 Å². The van der Waals surface area contributed by atoms with Crippen LogP contribution in [0.25, 0.3) is 0 Å². The predicted molar refractivity (Wildman–Crippen MR) is 89.9 cm³/mol. The van der Waals surface area contributed by atoms with E-state index in [0.717, 1.165) is 0 Å². The number of rotatable bonds is 4. The number of nitrogen functional groups attached to an aromatic ring is 1. The quantitative estimate of drug-likeness (QED) is 0.298. The van der Waals surface area contributed by atoms with E-state index >= 15 is 0 Å². The molecule has 23 heavy (non-hydrogen) atoms. The van der Waals surface area contributed by atoms with Gasteiger partial charge in [0.25, 0.3) is 5.91 Å². The van der Waals surface area contributed by atoms with Crippen LogP contribution in [0, 0.1) is 11.3 Å². The number of amides is 1. The van der Waals surface area contributed by atoms with Gasteiger partial charge in [0.2, 0.25) is 0 Å². The van der Waals surface area contributed by atoms with Gasteiger partial charge in [-0.15, -0.1) is 0 Å². The highest BCUT2D eigenvalue weighted by atomic mass is 35.5. The number of carbonyl (C=O) groups is 1. The average Bonchev–Trinajstić information content (AvgIpc) is 2.53. The summed E-state index contributed by atoms with van der Waals surface area (Å²) in [5, 5.41) is 24.4. The van der Waals surface area contributed by atoms with Crippen molar-refractivity contribution in [2.75, 3.05) is 16.4 Å². The predicted octanol–water partition coefficient (Wildman–Crippen LogP) is 3.09. The van der Waals surface area contributed by atoms with Crippen molar-refractivity contribution in [2.45, 2.75) is 0 Å². The fraction of sp³-hybridized carbons (Fsp3) is 0. The molecule has 0 saturated carbocycles. The topological polar surface area (TPSA) is 111 Å². The maximum Gasteiger partial charge on any atom is 0.267 e. The van der Waals surface area contributed by atoms with E-state index in [9.17, 15) is 9.90 Å². The Morgan fingerprint density at radius 2 is 1.96 bits per heavy atom. The number of benzene rings is 2. The van der Waals surface area contributed by atoms with Crippen LogP contribution in [0.3, 0.4) is 0 Å². The number of nitrogens with zero attached hydrogens (tertiary/aromatic N) is 1. The van der Waals surface area contributed by atoms with Crippen LogP contribution in [-0.2, 0) is 4.79 Å². The van der Waals surface area contributed by atoms with Gasteiger partial charge in [0.1, 0.15) is 17.4 Å². The van der Waals surface area contributed by atoms with E-state index in [-0.39, 0.29) is 17.0 Å². The largest absolute Gasteiger partial charge is 0.506 e. The number of anilines is 3. The van der Waals surface area contributed by atoms with Crippen molar-refractivity contribution >= 4 is 34.6 Å². The number of hydrogen-bond acceptors (Lipinski definition) is 5. The van der Waals surface area contributed by atoms with Gasteiger partial charge in [0.05, 0.1) is 5.69 Å². The van der Waals surface area contributed by atoms with Gasteiger partial charge in [-0.25, -0.2) is 0 Å². The van der Waals surface area contributed by atoms with E-state index in [1.165, 1.54) is 24.4 Å². The molecule has 0 fully saturated rings. The van der Waals surface area contributed by atoms with Crippen molar-refractivity contribution in [2.24, 2.45) is 0 Å². The summed E-state index contributed by atoms with van der Waals surface area (Å²) in [6.45, 7) is 0. The zero-order chi connectivity index (χ0) is 16.8. The highest BCUT2D eigenvalue weighted by molar-refractivity contribution is 6.30. The molecule has 0 saturated heterocycles. The maximum atomic E-state index is 12.0. The zero-order valence-electron chi connectivity index (χ0n) is 11.9. The standard InChI is InChI=1S/C16H13ClN4O2/c17-11-1-6-15(22)14(7-11)20-9-10(8-18)16(23)21-13-4-2-12(19)3-5-13/h1-7,9,20,22H,19H2,(H,21,23)/b10-9-. The summed E-state index contributed by atoms with van der Waals surface area (Å²) in [6, 6.07) is 12.7. The van der Waals surface area contributed by atoms with Gasteiger partial charge in [-0.1, -0.05) is 11.6 Å². The first kappa shape index (κ1) is 16.2. The van der Waals surface area contributed by atoms with Crippen molar-refractivity contribution in [3.8, 4) is 11.8 Å². The molecule has 7 heteroatoms. The summed E-state index contributed by atoms with van der Waals surface area (Å²) in [6.07, 6.45) is 1.19. The summed E-state index contributed by atoms with van der Waals surface area (Å²) < 4.78 is 0. The third-order valence-corrected chi connectivity index (χ3v) is 3.10. The van der Waals surface area contributed by atoms with Crippen LogP contribution in [0.4, 0.5) is 17.1 Å². The van der Waals surface area contributed by atoms with E-state index < -0.39 is 5.91 Å². The maximum absolute atomic E-state index is 12.0. The van der Waals surface area contributed by atoms with Crippen molar-refractivity contribution in [1.29, 1.82) is 5.26 Å². The number of carbonyl (C=O) groups excluding carboxylic acids is 1. The summed E-state index contributed by atoms with van der Waals surface area (Å²) in [4.78, 5) is 12.0. The second kappa shape index (κ2) is 7.20. The molecule has 0 aromatic heterocycles.